The molecule has 0 spiro atoms. The topological polar surface area (TPSA) is 101 Å². The summed E-state index contributed by atoms with van der Waals surface area (Å²) in [5.41, 5.74) is 6.15. The van der Waals surface area contributed by atoms with Gasteiger partial charge in [-0.05, 0) is 24.1 Å². The van der Waals surface area contributed by atoms with Crippen LogP contribution in [0.2, 0.25) is 0 Å². The molecule has 0 saturated carbocycles. The number of nitrogens with two attached hydrogens (primary N) is 1. The zero-order valence-electron chi connectivity index (χ0n) is 11.1. The summed E-state index contributed by atoms with van der Waals surface area (Å²) < 4.78 is 25.2. The molecule has 106 valence electrons. The van der Waals surface area contributed by atoms with E-state index in [2.05, 4.69) is 0 Å². The second kappa shape index (κ2) is 5.48. The van der Waals surface area contributed by atoms with Crippen molar-refractivity contribution in [3.63, 3.8) is 0 Å². The predicted molar refractivity (Wildman–Crippen MR) is 74.8 cm³/mol. The average Bonchev–Trinajstić information content (AvgIpc) is 2.26. The summed E-state index contributed by atoms with van der Waals surface area (Å²) in [5, 5.41) is 8.83. The minimum absolute atomic E-state index is 0.00359. The Balaban J connectivity index is 3.14. The van der Waals surface area contributed by atoms with Crippen LogP contribution in [-0.2, 0) is 10.0 Å². The van der Waals surface area contributed by atoms with E-state index in [0.717, 1.165) is 4.31 Å². The van der Waals surface area contributed by atoms with Gasteiger partial charge in [-0.25, -0.2) is 13.2 Å². The first-order valence-electron chi connectivity index (χ1n) is 5.74. The quantitative estimate of drug-likeness (QED) is 0.796. The third-order valence-electron chi connectivity index (χ3n) is 2.57. The molecule has 0 aromatic heterocycles. The maximum Gasteiger partial charge on any atom is 0.335 e. The number of hydrogen-bond donors (Lipinski definition) is 2. The molecule has 1 aromatic carbocycles. The summed E-state index contributed by atoms with van der Waals surface area (Å²) in [7, 11) is -2.06. The zero-order chi connectivity index (χ0) is 14.8. The van der Waals surface area contributed by atoms with Crippen molar-refractivity contribution in [2.75, 3.05) is 22.8 Å². The van der Waals surface area contributed by atoms with Gasteiger partial charge >= 0.3 is 5.97 Å². The fourth-order valence-corrected chi connectivity index (χ4v) is 3.19. The minimum atomic E-state index is -3.46. The summed E-state index contributed by atoms with van der Waals surface area (Å²) in [6.07, 6.45) is 0. The van der Waals surface area contributed by atoms with Gasteiger partial charge in [0.05, 0.1) is 22.7 Å². The number of carboxylic acid groups (broad SMARTS) is 1. The Labute approximate surface area is 112 Å². The molecule has 0 heterocycles. The van der Waals surface area contributed by atoms with Gasteiger partial charge in [-0.15, -0.1) is 0 Å². The van der Waals surface area contributed by atoms with Gasteiger partial charge in [-0.3, -0.25) is 4.31 Å². The Kier molecular flexibility index (Phi) is 4.41. The van der Waals surface area contributed by atoms with Crippen LogP contribution in [0.5, 0.6) is 0 Å². The fourth-order valence-electron chi connectivity index (χ4n) is 1.66. The van der Waals surface area contributed by atoms with Crippen molar-refractivity contribution in [1.82, 2.24) is 0 Å². The first-order chi connectivity index (χ1) is 8.65. The van der Waals surface area contributed by atoms with Gasteiger partial charge < -0.3 is 10.8 Å². The lowest BCUT2D eigenvalue weighted by Gasteiger charge is -2.22. The molecule has 0 aliphatic heterocycles. The molecular formula is C12H18N2O4S. The minimum Gasteiger partial charge on any atom is -0.478 e. The van der Waals surface area contributed by atoms with Crippen molar-refractivity contribution >= 4 is 27.4 Å². The molecule has 1 aromatic rings. The zero-order valence-corrected chi connectivity index (χ0v) is 11.9. The lowest BCUT2D eigenvalue weighted by Crippen LogP contribution is -2.31. The second-order valence-electron chi connectivity index (χ2n) is 4.72. The van der Waals surface area contributed by atoms with Crippen LogP contribution in [0.25, 0.3) is 0 Å². The highest BCUT2D eigenvalue weighted by atomic mass is 32.2. The molecule has 0 saturated heterocycles. The van der Waals surface area contributed by atoms with Crippen molar-refractivity contribution in [2.45, 2.75) is 13.8 Å². The number of carbonyl (C=O) groups is 1. The van der Waals surface area contributed by atoms with E-state index in [4.69, 9.17) is 10.8 Å². The molecule has 0 radical (unpaired) electrons. The largest absolute Gasteiger partial charge is 0.478 e. The van der Waals surface area contributed by atoms with Crippen LogP contribution in [0, 0.1) is 5.92 Å². The molecule has 19 heavy (non-hydrogen) atoms. The Bertz CT molecular complexity index is 581. The number of aromatic carboxylic acids is 1. The molecule has 0 unspecified atom stereocenters. The van der Waals surface area contributed by atoms with E-state index < -0.39 is 16.0 Å². The number of benzene rings is 1. The summed E-state index contributed by atoms with van der Waals surface area (Å²) in [5.74, 6) is -1.11. The molecule has 0 atom stereocenters. The normalized spacial score (nSPS) is 11.6. The highest BCUT2D eigenvalue weighted by molar-refractivity contribution is 7.92. The smallest absolute Gasteiger partial charge is 0.335 e. The number of nitrogens with zero attached hydrogens (tertiary/aromatic N) is 1. The molecule has 1 rings (SSSR count). The van der Waals surface area contributed by atoms with Crippen LogP contribution in [0.15, 0.2) is 18.2 Å². The van der Waals surface area contributed by atoms with Crippen molar-refractivity contribution in [3.05, 3.63) is 23.8 Å². The molecule has 0 fully saturated rings. The van der Waals surface area contributed by atoms with Gasteiger partial charge in [0.15, 0.2) is 0 Å². The van der Waals surface area contributed by atoms with E-state index in [-0.39, 0.29) is 28.6 Å². The molecule has 0 bridgehead atoms. The summed E-state index contributed by atoms with van der Waals surface area (Å²) in [6, 6.07) is 3.98. The van der Waals surface area contributed by atoms with Crippen molar-refractivity contribution in [2.24, 2.45) is 5.92 Å². The van der Waals surface area contributed by atoms with Gasteiger partial charge in [0.25, 0.3) is 0 Å². The van der Waals surface area contributed by atoms with E-state index in [1.165, 1.54) is 25.2 Å². The van der Waals surface area contributed by atoms with Gasteiger partial charge in [0.1, 0.15) is 0 Å². The SMILES string of the molecule is CC(C)CS(=O)(=O)N(C)c1ccc(C(=O)O)cc1N. The van der Waals surface area contributed by atoms with E-state index in [1.807, 2.05) is 13.8 Å². The van der Waals surface area contributed by atoms with Crippen molar-refractivity contribution in [3.8, 4) is 0 Å². The van der Waals surface area contributed by atoms with E-state index in [0.29, 0.717) is 0 Å². The molecule has 0 amide bonds. The van der Waals surface area contributed by atoms with Crippen LogP contribution >= 0.6 is 0 Å². The molecule has 6 nitrogen and oxygen atoms in total. The summed E-state index contributed by atoms with van der Waals surface area (Å²) in [4.78, 5) is 10.8. The fraction of sp³-hybridized carbons (Fsp3) is 0.417. The van der Waals surface area contributed by atoms with Gasteiger partial charge in [-0.1, -0.05) is 13.8 Å². The number of sulfonamides is 1. The first kappa shape index (κ1) is 15.3. The second-order valence-corrected chi connectivity index (χ2v) is 6.76. The standard InChI is InChI=1S/C12H18N2O4S/c1-8(2)7-19(17,18)14(3)11-5-4-9(12(15)16)6-10(11)13/h4-6,8H,7,13H2,1-3H3,(H,15,16). The number of carboxylic acids is 1. The molecule has 0 aliphatic rings. The first-order valence-corrected chi connectivity index (χ1v) is 7.35. The third-order valence-corrected chi connectivity index (χ3v) is 4.69. The third kappa shape index (κ3) is 3.60. The number of hydrogen-bond acceptors (Lipinski definition) is 4. The predicted octanol–water partition coefficient (Wildman–Crippen LogP) is 1.39. The van der Waals surface area contributed by atoms with Crippen LogP contribution in [0.4, 0.5) is 11.4 Å². The molecule has 3 N–H and O–H groups in total. The molecular weight excluding hydrogens is 268 g/mol. The van der Waals surface area contributed by atoms with Crippen LogP contribution < -0.4 is 10.0 Å². The van der Waals surface area contributed by atoms with Gasteiger partial charge in [-0.2, -0.15) is 0 Å². The van der Waals surface area contributed by atoms with Crippen LogP contribution in [0.1, 0.15) is 24.2 Å². The molecule has 0 aliphatic carbocycles. The highest BCUT2D eigenvalue weighted by Gasteiger charge is 2.22. The molecule has 7 heteroatoms. The lowest BCUT2D eigenvalue weighted by molar-refractivity contribution is 0.0697. The highest BCUT2D eigenvalue weighted by Crippen LogP contribution is 2.26. The maximum absolute atomic E-state index is 12.1. The van der Waals surface area contributed by atoms with Crippen molar-refractivity contribution in [1.29, 1.82) is 0 Å². The van der Waals surface area contributed by atoms with Crippen LogP contribution in [-0.4, -0.2) is 32.3 Å². The van der Waals surface area contributed by atoms with E-state index in [1.54, 1.807) is 0 Å². The number of rotatable bonds is 5. The summed E-state index contributed by atoms with van der Waals surface area (Å²) >= 11 is 0. The number of nitrogen functional groups attached to an aromatic ring is 1. The van der Waals surface area contributed by atoms with Crippen LogP contribution in [0.3, 0.4) is 0 Å². The monoisotopic (exact) mass is 286 g/mol. The van der Waals surface area contributed by atoms with Crippen molar-refractivity contribution < 1.29 is 18.3 Å². The van der Waals surface area contributed by atoms with Gasteiger partial charge in [0.2, 0.25) is 10.0 Å². The Morgan fingerprint density at radius 1 is 1.42 bits per heavy atom. The summed E-state index contributed by atoms with van der Waals surface area (Å²) in [6.45, 7) is 3.62. The Morgan fingerprint density at radius 3 is 2.42 bits per heavy atom. The van der Waals surface area contributed by atoms with Gasteiger partial charge in [0, 0.05) is 7.05 Å². The Morgan fingerprint density at radius 2 is 2.00 bits per heavy atom. The number of anilines is 2. The van der Waals surface area contributed by atoms with E-state index in [9.17, 15) is 13.2 Å². The Hall–Kier alpha value is -1.76. The average molecular weight is 286 g/mol. The van der Waals surface area contributed by atoms with E-state index >= 15 is 0 Å². The lowest BCUT2D eigenvalue weighted by atomic mass is 10.2. The maximum atomic E-state index is 12.1.